The van der Waals surface area contributed by atoms with Crippen LogP contribution >= 0.6 is 0 Å². The summed E-state index contributed by atoms with van der Waals surface area (Å²) in [5, 5.41) is 4.45. The molecule has 3 rings (SSSR count). The van der Waals surface area contributed by atoms with Gasteiger partial charge in [0, 0.05) is 6.04 Å². The quantitative estimate of drug-likeness (QED) is 0.893. The van der Waals surface area contributed by atoms with Gasteiger partial charge in [-0.2, -0.15) is 5.10 Å². The van der Waals surface area contributed by atoms with Crippen molar-refractivity contribution in [2.75, 3.05) is 0 Å². The molecular formula is C16H19N3. The van der Waals surface area contributed by atoms with Crippen LogP contribution in [-0.2, 0) is 0 Å². The summed E-state index contributed by atoms with van der Waals surface area (Å²) in [6, 6.07) is 12.5. The molecule has 2 N–H and O–H groups in total. The summed E-state index contributed by atoms with van der Waals surface area (Å²) in [4.78, 5) is 0. The highest BCUT2D eigenvalue weighted by molar-refractivity contribution is 5.65. The number of nitrogens with two attached hydrogens (primary N) is 1. The van der Waals surface area contributed by atoms with E-state index in [4.69, 9.17) is 5.73 Å². The van der Waals surface area contributed by atoms with Crippen molar-refractivity contribution in [2.45, 2.75) is 31.7 Å². The standard InChI is InChI=1S/C16H19N3/c17-14-7-5-4-6-13(12-14)16-10-11-18-19(16)15-8-2-1-3-9-15/h1-3,8-12,14H,4-7,17H2. The molecule has 0 aliphatic heterocycles. The molecule has 19 heavy (non-hydrogen) atoms. The number of benzene rings is 1. The first-order valence-corrected chi connectivity index (χ1v) is 6.91. The van der Waals surface area contributed by atoms with Crippen molar-refractivity contribution in [1.82, 2.24) is 9.78 Å². The molecule has 1 heterocycles. The minimum Gasteiger partial charge on any atom is -0.324 e. The normalized spacial score (nSPS) is 19.8. The SMILES string of the molecule is NC1C=C(c2ccnn2-c2ccccc2)CCCC1. The third-order valence-electron chi connectivity index (χ3n) is 3.62. The Morgan fingerprint density at radius 2 is 1.95 bits per heavy atom. The minimum absolute atomic E-state index is 0.177. The molecule has 0 fully saturated rings. The summed E-state index contributed by atoms with van der Waals surface area (Å²) < 4.78 is 2.00. The number of nitrogens with zero attached hydrogens (tertiary/aromatic N) is 2. The first-order chi connectivity index (χ1) is 9.34. The van der Waals surface area contributed by atoms with Crippen LogP contribution in [0.2, 0.25) is 0 Å². The maximum absolute atomic E-state index is 6.11. The summed E-state index contributed by atoms with van der Waals surface area (Å²) in [5.74, 6) is 0. The fraction of sp³-hybridized carbons (Fsp3) is 0.312. The van der Waals surface area contributed by atoms with Crippen LogP contribution < -0.4 is 5.73 Å². The van der Waals surface area contributed by atoms with Gasteiger partial charge < -0.3 is 5.73 Å². The maximum atomic E-state index is 6.11. The average molecular weight is 253 g/mol. The second-order valence-corrected chi connectivity index (χ2v) is 5.07. The van der Waals surface area contributed by atoms with Gasteiger partial charge in [0.25, 0.3) is 0 Å². The lowest BCUT2D eigenvalue weighted by Crippen LogP contribution is -2.16. The number of para-hydroxylation sites is 1. The monoisotopic (exact) mass is 253 g/mol. The second kappa shape index (κ2) is 5.41. The Kier molecular flexibility index (Phi) is 3.47. The van der Waals surface area contributed by atoms with Crippen molar-refractivity contribution in [1.29, 1.82) is 0 Å². The molecule has 98 valence electrons. The number of aromatic nitrogens is 2. The van der Waals surface area contributed by atoms with Crippen LogP contribution in [0, 0.1) is 0 Å². The van der Waals surface area contributed by atoms with E-state index in [2.05, 4.69) is 29.4 Å². The molecule has 1 aromatic carbocycles. The van der Waals surface area contributed by atoms with Gasteiger partial charge in [-0.25, -0.2) is 4.68 Å². The van der Waals surface area contributed by atoms with Crippen molar-refractivity contribution in [3.8, 4) is 5.69 Å². The van der Waals surface area contributed by atoms with Gasteiger partial charge in [-0.1, -0.05) is 30.7 Å². The molecule has 1 aliphatic rings. The number of hydrogen-bond acceptors (Lipinski definition) is 2. The smallest absolute Gasteiger partial charge is 0.0697 e. The van der Waals surface area contributed by atoms with E-state index in [1.165, 1.54) is 24.1 Å². The van der Waals surface area contributed by atoms with Gasteiger partial charge in [-0.15, -0.1) is 0 Å². The molecule has 1 aromatic heterocycles. The van der Waals surface area contributed by atoms with E-state index in [0.29, 0.717) is 0 Å². The summed E-state index contributed by atoms with van der Waals surface area (Å²) in [7, 11) is 0. The van der Waals surface area contributed by atoms with Crippen LogP contribution in [0.4, 0.5) is 0 Å². The van der Waals surface area contributed by atoms with Crippen molar-refractivity contribution in [3.63, 3.8) is 0 Å². The second-order valence-electron chi connectivity index (χ2n) is 5.07. The molecule has 1 unspecified atom stereocenters. The summed E-state index contributed by atoms with van der Waals surface area (Å²) >= 11 is 0. The Hall–Kier alpha value is -1.87. The third kappa shape index (κ3) is 2.61. The lowest BCUT2D eigenvalue weighted by atomic mass is 10.1. The van der Waals surface area contributed by atoms with Crippen LogP contribution in [0.5, 0.6) is 0 Å². The molecule has 0 bridgehead atoms. The maximum Gasteiger partial charge on any atom is 0.0697 e. The van der Waals surface area contributed by atoms with Crippen LogP contribution in [0.3, 0.4) is 0 Å². The number of rotatable bonds is 2. The van der Waals surface area contributed by atoms with Gasteiger partial charge in [0.05, 0.1) is 17.6 Å². The Morgan fingerprint density at radius 1 is 1.11 bits per heavy atom. The first kappa shape index (κ1) is 12.2. The molecule has 0 spiro atoms. The Morgan fingerprint density at radius 3 is 2.79 bits per heavy atom. The lowest BCUT2D eigenvalue weighted by molar-refractivity contribution is 0.657. The van der Waals surface area contributed by atoms with Gasteiger partial charge >= 0.3 is 0 Å². The Bertz CT molecular complexity index is 569. The van der Waals surface area contributed by atoms with E-state index in [1.54, 1.807) is 0 Å². The molecule has 2 aromatic rings. The lowest BCUT2D eigenvalue weighted by Gasteiger charge is -2.10. The number of allylic oxidation sites excluding steroid dienone is 1. The van der Waals surface area contributed by atoms with Crippen molar-refractivity contribution < 1.29 is 0 Å². The molecule has 3 nitrogen and oxygen atoms in total. The van der Waals surface area contributed by atoms with Gasteiger partial charge in [0.2, 0.25) is 0 Å². The van der Waals surface area contributed by atoms with E-state index < -0.39 is 0 Å². The third-order valence-corrected chi connectivity index (χ3v) is 3.62. The summed E-state index contributed by atoms with van der Waals surface area (Å²) in [6.07, 6.45) is 8.67. The highest BCUT2D eigenvalue weighted by Crippen LogP contribution is 2.26. The zero-order valence-electron chi connectivity index (χ0n) is 11.0. The number of hydrogen-bond donors (Lipinski definition) is 1. The summed E-state index contributed by atoms with van der Waals surface area (Å²) in [5.41, 5.74) is 9.71. The molecule has 1 atom stereocenters. The first-order valence-electron chi connectivity index (χ1n) is 6.91. The van der Waals surface area contributed by atoms with Crippen LogP contribution in [0.15, 0.2) is 48.7 Å². The molecule has 0 amide bonds. The van der Waals surface area contributed by atoms with Crippen molar-refractivity contribution >= 4 is 5.57 Å². The average Bonchev–Trinajstić information content (AvgIpc) is 2.83. The zero-order valence-corrected chi connectivity index (χ0v) is 11.0. The van der Waals surface area contributed by atoms with E-state index in [9.17, 15) is 0 Å². The highest BCUT2D eigenvalue weighted by atomic mass is 15.3. The fourth-order valence-electron chi connectivity index (χ4n) is 2.66. The largest absolute Gasteiger partial charge is 0.324 e. The predicted molar refractivity (Wildman–Crippen MR) is 78.0 cm³/mol. The Balaban J connectivity index is 2.00. The van der Waals surface area contributed by atoms with Crippen molar-refractivity contribution in [3.05, 3.63) is 54.4 Å². The summed E-state index contributed by atoms with van der Waals surface area (Å²) in [6.45, 7) is 0. The fourth-order valence-corrected chi connectivity index (χ4v) is 2.66. The van der Waals surface area contributed by atoms with E-state index in [-0.39, 0.29) is 6.04 Å². The van der Waals surface area contributed by atoms with Crippen LogP contribution in [-0.4, -0.2) is 15.8 Å². The van der Waals surface area contributed by atoms with Gasteiger partial charge in [0.15, 0.2) is 0 Å². The molecule has 1 aliphatic carbocycles. The Labute approximate surface area is 113 Å². The van der Waals surface area contributed by atoms with Gasteiger partial charge in [-0.3, -0.25) is 0 Å². The molecule has 3 heteroatoms. The minimum atomic E-state index is 0.177. The van der Waals surface area contributed by atoms with Gasteiger partial charge in [-0.05, 0) is 43.0 Å². The molecule has 0 radical (unpaired) electrons. The van der Waals surface area contributed by atoms with Crippen LogP contribution in [0.1, 0.15) is 31.4 Å². The van der Waals surface area contributed by atoms with Crippen molar-refractivity contribution in [2.24, 2.45) is 5.73 Å². The molecular weight excluding hydrogens is 234 g/mol. The predicted octanol–water partition coefficient (Wildman–Crippen LogP) is 3.16. The zero-order chi connectivity index (χ0) is 13.1. The highest BCUT2D eigenvalue weighted by Gasteiger charge is 2.14. The molecule has 0 saturated carbocycles. The van der Waals surface area contributed by atoms with E-state index in [1.807, 2.05) is 29.1 Å². The van der Waals surface area contributed by atoms with E-state index in [0.717, 1.165) is 18.5 Å². The topological polar surface area (TPSA) is 43.8 Å². The molecule has 0 saturated heterocycles. The van der Waals surface area contributed by atoms with Gasteiger partial charge in [0.1, 0.15) is 0 Å². The van der Waals surface area contributed by atoms with Crippen LogP contribution in [0.25, 0.3) is 11.3 Å². The van der Waals surface area contributed by atoms with E-state index >= 15 is 0 Å².